The van der Waals surface area contributed by atoms with E-state index in [0.717, 1.165) is 13.1 Å². The molecule has 2 N–H and O–H groups in total. The van der Waals surface area contributed by atoms with Gasteiger partial charge in [-0.2, -0.15) is 0 Å². The van der Waals surface area contributed by atoms with Crippen LogP contribution in [0.15, 0.2) is 12.1 Å². The predicted molar refractivity (Wildman–Crippen MR) is 80.0 cm³/mol. The predicted octanol–water partition coefficient (Wildman–Crippen LogP) is 3.57. The Balaban J connectivity index is 2.12. The molecule has 2 rings (SSSR count). The summed E-state index contributed by atoms with van der Waals surface area (Å²) in [5, 5.41) is 0. The van der Waals surface area contributed by atoms with Crippen molar-refractivity contribution in [3.8, 4) is 0 Å². The van der Waals surface area contributed by atoms with Gasteiger partial charge in [-0.15, -0.1) is 11.3 Å². The molecule has 0 aromatic carbocycles. The van der Waals surface area contributed by atoms with Crippen molar-refractivity contribution in [2.24, 2.45) is 11.7 Å². The first-order chi connectivity index (χ1) is 8.67. The number of nitrogens with zero attached hydrogens (tertiary/aromatic N) is 1. The number of thiophene rings is 1. The van der Waals surface area contributed by atoms with E-state index in [9.17, 15) is 0 Å². The fraction of sp³-hybridized carbons (Fsp3) is 0.733. The molecule has 0 radical (unpaired) electrons. The van der Waals surface area contributed by atoms with Crippen molar-refractivity contribution >= 4 is 11.3 Å². The van der Waals surface area contributed by atoms with Crippen LogP contribution in [0.2, 0.25) is 0 Å². The number of aryl methyl sites for hydroxylation is 1. The van der Waals surface area contributed by atoms with Gasteiger partial charge in [0, 0.05) is 21.8 Å². The smallest absolute Gasteiger partial charge is 0.0416 e. The summed E-state index contributed by atoms with van der Waals surface area (Å²) < 4.78 is 0. The van der Waals surface area contributed by atoms with Crippen LogP contribution in [0.25, 0.3) is 0 Å². The molecule has 0 spiro atoms. The Labute approximate surface area is 115 Å². The molecule has 0 aliphatic heterocycles. The van der Waals surface area contributed by atoms with Gasteiger partial charge in [-0.25, -0.2) is 0 Å². The van der Waals surface area contributed by atoms with Crippen LogP contribution in [0.5, 0.6) is 0 Å². The lowest BCUT2D eigenvalue weighted by atomic mass is 10.0. The number of hydrogen-bond donors (Lipinski definition) is 1. The summed E-state index contributed by atoms with van der Waals surface area (Å²) in [5.74, 6) is 0.702. The Hall–Kier alpha value is -0.380. The van der Waals surface area contributed by atoms with Crippen LogP contribution in [0.4, 0.5) is 0 Å². The van der Waals surface area contributed by atoms with E-state index in [1.54, 1.807) is 0 Å². The highest BCUT2D eigenvalue weighted by Gasteiger charge is 2.33. The van der Waals surface area contributed by atoms with Crippen LogP contribution in [0, 0.1) is 12.8 Å². The Morgan fingerprint density at radius 3 is 2.78 bits per heavy atom. The lowest BCUT2D eigenvalue weighted by molar-refractivity contribution is 0.125. The number of hydrogen-bond acceptors (Lipinski definition) is 3. The van der Waals surface area contributed by atoms with Crippen molar-refractivity contribution in [2.75, 3.05) is 13.1 Å². The second kappa shape index (κ2) is 6.18. The average Bonchev–Trinajstić information content (AvgIpc) is 2.98. The summed E-state index contributed by atoms with van der Waals surface area (Å²) in [6, 6.07) is 5.75. The number of nitrogens with two attached hydrogens (primary N) is 1. The molecule has 102 valence electrons. The molecule has 1 aliphatic rings. The zero-order valence-corrected chi connectivity index (χ0v) is 12.7. The zero-order valence-electron chi connectivity index (χ0n) is 11.9. The van der Waals surface area contributed by atoms with Gasteiger partial charge in [-0.3, -0.25) is 4.90 Å². The van der Waals surface area contributed by atoms with Gasteiger partial charge in [0.2, 0.25) is 0 Å². The van der Waals surface area contributed by atoms with E-state index in [0.29, 0.717) is 18.0 Å². The Bertz CT molecular complexity index is 374. The van der Waals surface area contributed by atoms with E-state index in [1.807, 2.05) is 11.3 Å². The largest absolute Gasteiger partial charge is 0.330 e. The molecule has 3 unspecified atom stereocenters. The van der Waals surface area contributed by atoms with Crippen LogP contribution in [0.3, 0.4) is 0 Å². The third-order valence-corrected chi connectivity index (χ3v) is 5.55. The van der Waals surface area contributed by atoms with Gasteiger partial charge in [-0.1, -0.05) is 13.3 Å². The zero-order chi connectivity index (χ0) is 13.1. The van der Waals surface area contributed by atoms with E-state index in [2.05, 4.69) is 37.8 Å². The average molecular weight is 266 g/mol. The van der Waals surface area contributed by atoms with Gasteiger partial charge in [0.05, 0.1) is 0 Å². The van der Waals surface area contributed by atoms with Crippen LogP contribution in [-0.4, -0.2) is 24.0 Å². The summed E-state index contributed by atoms with van der Waals surface area (Å²) in [5.41, 5.74) is 5.94. The Morgan fingerprint density at radius 1 is 1.44 bits per heavy atom. The fourth-order valence-electron chi connectivity index (χ4n) is 3.37. The lowest BCUT2D eigenvalue weighted by Crippen LogP contribution is -2.41. The normalized spacial score (nSPS) is 25.8. The van der Waals surface area contributed by atoms with Gasteiger partial charge in [-0.05, 0) is 57.8 Å². The first-order valence-corrected chi connectivity index (χ1v) is 8.01. The van der Waals surface area contributed by atoms with E-state index < -0.39 is 0 Å². The molecule has 1 fully saturated rings. The molecule has 1 aliphatic carbocycles. The van der Waals surface area contributed by atoms with E-state index in [1.165, 1.54) is 29.0 Å². The second-order valence-corrected chi connectivity index (χ2v) is 6.77. The summed E-state index contributed by atoms with van der Waals surface area (Å²) in [6.45, 7) is 8.79. The van der Waals surface area contributed by atoms with Gasteiger partial charge in [0.1, 0.15) is 0 Å². The SMILES string of the molecule is CCN(C(C)c1ccc(C)s1)C1CCCC1CN. The van der Waals surface area contributed by atoms with Crippen molar-refractivity contribution in [1.82, 2.24) is 4.90 Å². The molecule has 2 nitrogen and oxygen atoms in total. The van der Waals surface area contributed by atoms with Gasteiger partial charge < -0.3 is 5.73 Å². The van der Waals surface area contributed by atoms with Crippen LogP contribution < -0.4 is 5.73 Å². The molecule has 0 amide bonds. The summed E-state index contributed by atoms with van der Waals surface area (Å²) in [4.78, 5) is 5.57. The minimum absolute atomic E-state index is 0.533. The van der Waals surface area contributed by atoms with E-state index in [-0.39, 0.29) is 0 Å². The molecule has 1 aromatic rings. The molecule has 18 heavy (non-hydrogen) atoms. The third-order valence-electron chi connectivity index (χ3n) is 4.38. The quantitative estimate of drug-likeness (QED) is 0.883. The van der Waals surface area contributed by atoms with E-state index >= 15 is 0 Å². The third kappa shape index (κ3) is 2.79. The van der Waals surface area contributed by atoms with Gasteiger partial charge in [0.15, 0.2) is 0 Å². The first kappa shape index (κ1) is 14.0. The molecular formula is C15H26N2S. The minimum atomic E-state index is 0.533. The van der Waals surface area contributed by atoms with Crippen molar-refractivity contribution in [3.63, 3.8) is 0 Å². The monoisotopic (exact) mass is 266 g/mol. The van der Waals surface area contributed by atoms with Crippen LogP contribution in [0.1, 0.15) is 48.9 Å². The van der Waals surface area contributed by atoms with E-state index in [4.69, 9.17) is 5.73 Å². The molecular weight excluding hydrogens is 240 g/mol. The lowest BCUT2D eigenvalue weighted by Gasteiger charge is -2.36. The number of rotatable bonds is 5. The second-order valence-electron chi connectivity index (χ2n) is 5.45. The summed E-state index contributed by atoms with van der Waals surface area (Å²) >= 11 is 1.93. The molecule has 0 bridgehead atoms. The Kier molecular flexibility index (Phi) is 4.82. The molecule has 1 heterocycles. The molecule has 3 atom stereocenters. The molecule has 0 saturated heterocycles. The maximum absolute atomic E-state index is 5.94. The van der Waals surface area contributed by atoms with Gasteiger partial charge >= 0.3 is 0 Å². The first-order valence-electron chi connectivity index (χ1n) is 7.19. The maximum atomic E-state index is 5.94. The van der Waals surface area contributed by atoms with Crippen molar-refractivity contribution in [2.45, 2.75) is 52.1 Å². The summed E-state index contributed by atoms with van der Waals surface area (Å²) in [7, 11) is 0. The fourth-order valence-corrected chi connectivity index (χ4v) is 4.32. The van der Waals surface area contributed by atoms with Crippen LogP contribution in [-0.2, 0) is 0 Å². The van der Waals surface area contributed by atoms with Crippen LogP contribution >= 0.6 is 11.3 Å². The standard InChI is InChI=1S/C15H26N2S/c1-4-17(14-7-5-6-13(14)10-16)12(3)15-9-8-11(2)18-15/h8-9,12-14H,4-7,10,16H2,1-3H3. The van der Waals surface area contributed by atoms with Crippen molar-refractivity contribution in [3.05, 3.63) is 21.9 Å². The van der Waals surface area contributed by atoms with Gasteiger partial charge in [0.25, 0.3) is 0 Å². The van der Waals surface area contributed by atoms with Crippen molar-refractivity contribution in [1.29, 1.82) is 0 Å². The molecule has 1 aromatic heterocycles. The van der Waals surface area contributed by atoms with Crippen molar-refractivity contribution < 1.29 is 0 Å². The topological polar surface area (TPSA) is 29.3 Å². The highest BCUT2D eigenvalue weighted by atomic mass is 32.1. The molecule has 3 heteroatoms. The highest BCUT2D eigenvalue weighted by molar-refractivity contribution is 7.12. The maximum Gasteiger partial charge on any atom is 0.0416 e. The molecule has 1 saturated carbocycles. The summed E-state index contributed by atoms with van der Waals surface area (Å²) in [6.07, 6.45) is 3.98. The Morgan fingerprint density at radius 2 is 2.22 bits per heavy atom. The highest BCUT2D eigenvalue weighted by Crippen LogP contribution is 2.36. The minimum Gasteiger partial charge on any atom is -0.330 e.